The van der Waals surface area contributed by atoms with Crippen molar-refractivity contribution in [3.05, 3.63) is 33.7 Å². The van der Waals surface area contributed by atoms with Crippen molar-refractivity contribution in [3.8, 4) is 0 Å². The van der Waals surface area contributed by atoms with Gasteiger partial charge in [-0.05, 0) is 47.3 Å². The summed E-state index contributed by atoms with van der Waals surface area (Å²) in [4.78, 5) is 31.9. The molecule has 4 rings (SSSR count). The molecule has 2 aliphatic rings. The summed E-state index contributed by atoms with van der Waals surface area (Å²) in [5.41, 5.74) is -0.850. The van der Waals surface area contributed by atoms with E-state index in [0.29, 0.717) is 44.6 Å². The number of likely N-dealkylation sites (tertiary alicyclic amines) is 1. The summed E-state index contributed by atoms with van der Waals surface area (Å²) in [5.74, 6) is -0.436. The van der Waals surface area contributed by atoms with E-state index in [1.807, 2.05) is 0 Å². The summed E-state index contributed by atoms with van der Waals surface area (Å²) in [6.45, 7) is 3.23. The van der Waals surface area contributed by atoms with Gasteiger partial charge in [-0.2, -0.15) is 13.2 Å². The van der Waals surface area contributed by atoms with Crippen molar-refractivity contribution >= 4 is 33.6 Å². The largest absolute Gasteiger partial charge is 0.448 e. The van der Waals surface area contributed by atoms with Crippen molar-refractivity contribution in [3.63, 3.8) is 0 Å². The number of aryl methyl sites for hydroxylation is 1. The maximum atomic E-state index is 13.4. The summed E-state index contributed by atoms with van der Waals surface area (Å²) in [7, 11) is 0. The van der Waals surface area contributed by atoms with Gasteiger partial charge in [-0.3, -0.25) is 9.20 Å². The topological polar surface area (TPSA) is 67.2 Å². The third kappa shape index (κ3) is 3.56. The molecule has 2 aromatic rings. The minimum absolute atomic E-state index is 0.00181. The number of hydrogen-bond donors (Lipinski definition) is 0. The van der Waals surface area contributed by atoms with Crippen molar-refractivity contribution in [2.45, 2.75) is 32.0 Å². The first-order chi connectivity index (χ1) is 13.7. The number of halogens is 4. The van der Waals surface area contributed by atoms with Crippen LogP contribution in [0.3, 0.4) is 0 Å². The van der Waals surface area contributed by atoms with Crippen LogP contribution < -0.4 is 0 Å². The molecule has 0 unspecified atom stereocenters. The molecule has 0 aliphatic carbocycles. The highest BCUT2D eigenvalue weighted by atomic mass is 79.9. The summed E-state index contributed by atoms with van der Waals surface area (Å²) in [5, 5.41) is 0. The van der Waals surface area contributed by atoms with Crippen LogP contribution in [0.2, 0.25) is 0 Å². The number of fused-ring (bicyclic) bond motifs is 1. The molecular weight excluding hydrogens is 457 g/mol. The molecule has 0 radical (unpaired) electrons. The number of rotatable bonds is 2. The molecule has 29 heavy (non-hydrogen) atoms. The number of carbonyl (C=O) groups is 2. The number of cyclic esters (lactones) is 1. The Morgan fingerprint density at radius 2 is 1.97 bits per heavy atom. The first-order valence-electron chi connectivity index (χ1n) is 9.15. The molecule has 0 saturated carbocycles. The fourth-order valence-electron chi connectivity index (χ4n) is 3.87. The van der Waals surface area contributed by atoms with Crippen molar-refractivity contribution in [2.24, 2.45) is 0 Å². The first kappa shape index (κ1) is 20.0. The predicted octanol–water partition coefficient (Wildman–Crippen LogP) is 3.48. The number of alkyl halides is 3. The van der Waals surface area contributed by atoms with E-state index in [0.717, 1.165) is 6.07 Å². The third-order valence-corrected chi connectivity index (χ3v) is 6.05. The molecule has 0 atom stereocenters. The zero-order valence-electron chi connectivity index (χ0n) is 15.5. The quantitative estimate of drug-likeness (QED) is 0.668. The number of aromatic nitrogens is 2. The van der Waals surface area contributed by atoms with E-state index in [1.165, 1.54) is 10.6 Å². The van der Waals surface area contributed by atoms with Gasteiger partial charge in [-0.25, -0.2) is 9.78 Å². The van der Waals surface area contributed by atoms with E-state index >= 15 is 0 Å². The van der Waals surface area contributed by atoms with Gasteiger partial charge in [0.2, 0.25) is 0 Å². The molecule has 0 bridgehead atoms. The molecule has 0 N–H and O–H groups in total. The standard InChI is InChI=1S/C18H18BrF3N4O3/c1-10-8-12(18(20,21)22)15-23-13(14(19)26(15)9-10)16(27)24-4-2-11(3-5-24)25-6-7-29-17(25)28/h8-9,11H,2-7H2,1H3. The van der Waals surface area contributed by atoms with Gasteiger partial charge in [0.05, 0.1) is 12.1 Å². The van der Waals surface area contributed by atoms with Crippen molar-refractivity contribution in [2.75, 3.05) is 26.2 Å². The Hall–Kier alpha value is -2.30. The zero-order chi connectivity index (χ0) is 20.9. The maximum Gasteiger partial charge on any atom is 0.419 e. The molecule has 2 saturated heterocycles. The number of carbonyl (C=O) groups excluding carboxylic acids is 2. The Bertz CT molecular complexity index is 983. The van der Waals surface area contributed by atoms with E-state index in [9.17, 15) is 22.8 Å². The summed E-state index contributed by atoms with van der Waals surface area (Å²) < 4.78 is 46.6. The van der Waals surface area contributed by atoms with Gasteiger partial charge in [-0.15, -0.1) is 0 Å². The molecule has 0 aromatic carbocycles. The lowest BCUT2D eigenvalue weighted by Crippen LogP contribution is -2.47. The third-order valence-electron chi connectivity index (χ3n) is 5.29. The number of imidazole rings is 1. The Kier molecular flexibility index (Phi) is 4.96. The second-order valence-corrected chi connectivity index (χ2v) is 7.96. The lowest BCUT2D eigenvalue weighted by Gasteiger charge is -2.35. The first-order valence-corrected chi connectivity index (χ1v) is 9.94. The van der Waals surface area contributed by atoms with Crippen molar-refractivity contribution < 1.29 is 27.5 Å². The SMILES string of the molecule is Cc1cc(C(F)(F)F)c2nc(C(=O)N3CCC(N4CCOC4=O)CC3)c(Br)n2c1. The van der Waals surface area contributed by atoms with Crippen LogP contribution in [0.5, 0.6) is 0 Å². The van der Waals surface area contributed by atoms with Crippen LogP contribution in [0.15, 0.2) is 16.9 Å². The molecule has 156 valence electrons. The minimum Gasteiger partial charge on any atom is -0.448 e. The van der Waals surface area contributed by atoms with Crippen LogP contribution in [0, 0.1) is 6.92 Å². The van der Waals surface area contributed by atoms with Gasteiger partial charge in [0.25, 0.3) is 5.91 Å². The molecule has 7 nitrogen and oxygen atoms in total. The van der Waals surface area contributed by atoms with E-state index < -0.39 is 17.6 Å². The smallest absolute Gasteiger partial charge is 0.419 e. The lowest BCUT2D eigenvalue weighted by molar-refractivity contribution is -0.136. The average molecular weight is 475 g/mol. The molecule has 2 amide bonds. The van der Waals surface area contributed by atoms with E-state index in [1.54, 1.807) is 16.7 Å². The second-order valence-electron chi connectivity index (χ2n) is 7.20. The summed E-state index contributed by atoms with van der Waals surface area (Å²) in [6.07, 6.45) is -2.25. The van der Waals surface area contributed by atoms with Crippen molar-refractivity contribution in [1.29, 1.82) is 0 Å². The Labute approximate surface area is 172 Å². The Morgan fingerprint density at radius 1 is 1.28 bits per heavy atom. The number of ether oxygens (including phenoxy) is 1. The number of nitrogens with zero attached hydrogens (tertiary/aromatic N) is 4. The fraction of sp³-hybridized carbons (Fsp3) is 0.500. The van der Waals surface area contributed by atoms with Crippen molar-refractivity contribution in [1.82, 2.24) is 19.2 Å². The average Bonchev–Trinajstić information content (AvgIpc) is 3.24. The van der Waals surface area contributed by atoms with E-state index in [4.69, 9.17) is 4.74 Å². The maximum absolute atomic E-state index is 13.4. The van der Waals surface area contributed by atoms with Crippen LogP contribution in [0.25, 0.3) is 5.65 Å². The molecule has 2 fully saturated rings. The predicted molar refractivity (Wildman–Crippen MR) is 99.6 cm³/mol. The monoisotopic (exact) mass is 474 g/mol. The molecule has 2 aromatic heterocycles. The number of amides is 2. The van der Waals surface area contributed by atoms with Gasteiger partial charge in [0.1, 0.15) is 11.2 Å². The van der Waals surface area contributed by atoms with Crippen LogP contribution in [-0.2, 0) is 10.9 Å². The summed E-state index contributed by atoms with van der Waals surface area (Å²) >= 11 is 3.24. The van der Waals surface area contributed by atoms with E-state index in [2.05, 4.69) is 20.9 Å². The molecule has 2 aliphatic heterocycles. The van der Waals surface area contributed by atoms with Crippen LogP contribution in [-0.4, -0.2) is 63.5 Å². The van der Waals surface area contributed by atoms with Crippen LogP contribution in [0.1, 0.15) is 34.5 Å². The number of hydrogen-bond acceptors (Lipinski definition) is 4. The van der Waals surface area contributed by atoms with Crippen LogP contribution in [0.4, 0.5) is 18.0 Å². The zero-order valence-corrected chi connectivity index (χ0v) is 17.1. The highest BCUT2D eigenvalue weighted by Crippen LogP contribution is 2.35. The highest BCUT2D eigenvalue weighted by Gasteiger charge is 2.37. The van der Waals surface area contributed by atoms with Gasteiger partial charge >= 0.3 is 12.3 Å². The molecule has 4 heterocycles. The Morgan fingerprint density at radius 3 is 2.55 bits per heavy atom. The lowest BCUT2D eigenvalue weighted by atomic mass is 10.0. The van der Waals surface area contributed by atoms with Gasteiger partial charge in [0, 0.05) is 25.3 Å². The van der Waals surface area contributed by atoms with Gasteiger partial charge in [0.15, 0.2) is 11.3 Å². The number of piperidine rings is 1. The normalized spacial score (nSPS) is 18.6. The van der Waals surface area contributed by atoms with Gasteiger partial charge in [-0.1, -0.05) is 0 Å². The van der Waals surface area contributed by atoms with E-state index in [-0.39, 0.29) is 28.1 Å². The molecule has 0 spiro atoms. The molecular formula is C18H18BrF3N4O3. The van der Waals surface area contributed by atoms with Crippen LogP contribution >= 0.6 is 15.9 Å². The fourth-order valence-corrected chi connectivity index (χ4v) is 4.39. The highest BCUT2D eigenvalue weighted by molar-refractivity contribution is 9.10. The number of pyridine rings is 1. The van der Waals surface area contributed by atoms with Gasteiger partial charge < -0.3 is 14.5 Å². The molecule has 11 heteroatoms. The second kappa shape index (κ2) is 7.19. The summed E-state index contributed by atoms with van der Waals surface area (Å²) in [6, 6.07) is 1.02. The minimum atomic E-state index is -4.58. The Balaban J connectivity index is 1.58.